The Morgan fingerprint density at radius 3 is 2.41 bits per heavy atom. The summed E-state index contributed by atoms with van der Waals surface area (Å²) in [5.41, 5.74) is 5.12. The van der Waals surface area contributed by atoms with E-state index in [1.807, 2.05) is 13.8 Å². The Hall–Kier alpha value is -0.740. The molecule has 0 fully saturated rings. The van der Waals surface area contributed by atoms with Crippen LogP contribution in [0.1, 0.15) is 37.4 Å². The first kappa shape index (κ1) is 14.3. The van der Waals surface area contributed by atoms with Gasteiger partial charge in [-0.2, -0.15) is 13.2 Å². The van der Waals surface area contributed by atoms with Crippen molar-refractivity contribution in [3.63, 3.8) is 0 Å². The van der Waals surface area contributed by atoms with Crippen molar-refractivity contribution >= 4 is 11.6 Å². The highest BCUT2D eigenvalue weighted by Gasteiger charge is 2.36. The normalized spacial score (nSPS) is 15.7. The van der Waals surface area contributed by atoms with Crippen molar-refractivity contribution in [1.82, 2.24) is 0 Å². The van der Waals surface area contributed by atoms with Crippen LogP contribution in [-0.2, 0) is 6.18 Å². The van der Waals surface area contributed by atoms with Crippen LogP contribution in [0, 0.1) is 5.92 Å². The Kier molecular flexibility index (Phi) is 4.44. The molecule has 0 saturated heterocycles. The van der Waals surface area contributed by atoms with Gasteiger partial charge in [-0.3, -0.25) is 0 Å². The molecule has 1 aromatic carbocycles. The van der Waals surface area contributed by atoms with E-state index in [-0.39, 0.29) is 16.5 Å². The van der Waals surface area contributed by atoms with Crippen molar-refractivity contribution in [2.75, 3.05) is 0 Å². The summed E-state index contributed by atoms with van der Waals surface area (Å²) in [6, 6.07) is 3.04. The minimum atomic E-state index is -4.43. The number of hydrogen-bond acceptors (Lipinski definition) is 1. The van der Waals surface area contributed by atoms with Gasteiger partial charge >= 0.3 is 6.18 Å². The second-order valence-corrected chi connectivity index (χ2v) is 4.52. The van der Waals surface area contributed by atoms with Crippen LogP contribution in [0.3, 0.4) is 0 Å². The van der Waals surface area contributed by atoms with E-state index in [9.17, 15) is 13.2 Å². The molecule has 0 aliphatic carbocycles. The van der Waals surface area contributed by atoms with Crippen LogP contribution in [0.15, 0.2) is 18.2 Å². The van der Waals surface area contributed by atoms with E-state index >= 15 is 0 Å². The van der Waals surface area contributed by atoms with Crippen LogP contribution in [0.5, 0.6) is 0 Å². The van der Waals surface area contributed by atoms with Gasteiger partial charge in [-0.05, 0) is 23.6 Å². The van der Waals surface area contributed by atoms with E-state index in [0.29, 0.717) is 6.42 Å². The Morgan fingerprint density at radius 2 is 1.94 bits per heavy atom. The van der Waals surface area contributed by atoms with E-state index in [1.165, 1.54) is 12.1 Å². The second kappa shape index (κ2) is 5.27. The molecule has 0 amide bonds. The van der Waals surface area contributed by atoms with Crippen LogP contribution in [-0.4, -0.2) is 0 Å². The van der Waals surface area contributed by atoms with Gasteiger partial charge in [-0.15, -0.1) is 0 Å². The van der Waals surface area contributed by atoms with Crippen molar-refractivity contribution in [3.8, 4) is 0 Å². The molecule has 2 atom stereocenters. The van der Waals surface area contributed by atoms with Gasteiger partial charge in [0, 0.05) is 11.1 Å². The summed E-state index contributed by atoms with van der Waals surface area (Å²) in [5.74, 6) is -0.0593. The summed E-state index contributed by atoms with van der Waals surface area (Å²) in [7, 11) is 0. The molecule has 96 valence electrons. The van der Waals surface area contributed by atoms with Gasteiger partial charge in [0.2, 0.25) is 0 Å². The summed E-state index contributed by atoms with van der Waals surface area (Å²) < 4.78 is 38.5. The number of alkyl halides is 3. The van der Waals surface area contributed by atoms with E-state index < -0.39 is 17.8 Å². The number of rotatable bonds is 3. The fraction of sp³-hybridized carbons (Fsp3) is 0.500. The molecule has 0 heterocycles. The summed E-state index contributed by atoms with van der Waals surface area (Å²) in [4.78, 5) is 0. The van der Waals surface area contributed by atoms with Gasteiger partial charge in [0.05, 0.1) is 5.56 Å². The fourth-order valence-corrected chi connectivity index (χ4v) is 1.96. The molecule has 5 heteroatoms. The molecular weight excluding hydrogens is 251 g/mol. The minimum absolute atomic E-state index is 0.00369. The van der Waals surface area contributed by atoms with E-state index in [1.54, 1.807) is 0 Å². The first-order chi connectivity index (χ1) is 7.79. The van der Waals surface area contributed by atoms with E-state index in [4.69, 9.17) is 17.3 Å². The molecule has 1 nitrogen and oxygen atoms in total. The van der Waals surface area contributed by atoms with Gasteiger partial charge in [0.15, 0.2) is 0 Å². The van der Waals surface area contributed by atoms with Crippen LogP contribution in [0.25, 0.3) is 0 Å². The van der Waals surface area contributed by atoms with Crippen molar-refractivity contribution < 1.29 is 13.2 Å². The average Bonchev–Trinajstić information content (AvgIpc) is 2.25. The molecule has 0 saturated carbocycles. The topological polar surface area (TPSA) is 26.0 Å². The monoisotopic (exact) mass is 265 g/mol. The van der Waals surface area contributed by atoms with Gasteiger partial charge in [-0.25, -0.2) is 0 Å². The average molecular weight is 266 g/mol. The Labute approximate surface area is 104 Å². The molecule has 0 spiro atoms. The van der Waals surface area contributed by atoms with Crippen LogP contribution in [0.4, 0.5) is 13.2 Å². The van der Waals surface area contributed by atoms with Gasteiger partial charge in [0.25, 0.3) is 0 Å². The van der Waals surface area contributed by atoms with Crippen molar-refractivity contribution in [2.45, 2.75) is 32.5 Å². The van der Waals surface area contributed by atoms with Crippen LogP contribution in [0.2, 0.25) is 5.02 Å². The second-order valence-electron chi connectivity index (χ2n) is 4.11. The number of benzene rings is 1. The molecule has 2 N–H and O–H groups in total. The highest BCUT2D eigenvalue weighted by Crippen LogP contribution is 2.39. The maximum absolute atomic E-state index is 12.8. The predicted molar refractivity (Wildman–Crippen MR) is 62.8 cm³/mol. The van der Waals surface area contributed by atoms with E-state index in [2.05, 4.69) is 0 Å². The first-order valence-electron chi connectivity index (χ1n) is 5.40. The molecule has 17 heavy (non-hydrogen) atoms. The molecule has 0 bridgehead atoms. The highest BCUT2D eigenvalue weighted by molar-refractivity contribution is 6.31. The molecule has 1 rings (SSSR count). The SMILES string of the molecule is CCC(C)[C@H](N)c1c(Cl)cccc1C(F)(F)F. The quantitative estimate of drug-likeness (QED) is 0.861. The molecule has 0 radical (unpaired) electrons. The van der Waals surface area contributed by atoms with Gasteiger partial charge < -0.3 is 5.73 Å². The van der Waals surface area contributed by atoms with Crippen molar-refractivity contribution in [3.05, 3.63) is 34.3 Å². The first-order valence-corrected chi connectivity index (χ1v) is 5.78. The molecule has 1 unspecified atom stereocenters. The molecule has 0 aliphatic heterocycles. The van der Waals surface area contributed by atoms with E-state index in [0.717, 1.165) is 6.07 Å². The van der Waals surface area contributed by atoms with Crippen molar-refractivity contribution in [2.24, 2.45) is 11.7 Å². The maximum Gasteiger partial charge on any atom is 0.416 e. The molecule has 0 aliphatic rings. The zero-order chi connectivity index (χ0) is 13.2. The Balaban J connectivity index is 3.30. The number of halogens is 4. The summed E-state index contributed by atoms with van der Waals surface area (Å²) >= 11 is 5.85. The summed E-state index contributed by atoms with van der Waals surface area (Å²) in [5, 5.41) is 0.0765. The lowest BCUT2D eigenvalue weighted by Crippen LogP contribution is -2.23. The molecule has 0 aromatic heterocycles. The lowest BCUT2D eigenvalue weighted by molar-refractivity contribution is -0.138. The number of nitrogens with two attached hydrogens (primary N) is 1. The smallest absolute Gasteiger partial charge is 0.324 e. The zero-order valence-corrected chi connectivity index (χ0v) is 10.4. The third kappa shape index (κ3) is 3.13. The van der Waals surface area contributed by atoms with Crippen molar-refractivity contribution in [1.29, 1.82) is 0 Å². The molecular formula is C12H15ClF3N. The third-order valence-electron chi connectivity index (χ3n) is 2.95. The Morgan fingerprint density at radius 1 is 1.35 bits per heavy atom. The van der Waals surface area contributed by atoms with Gasteiger partial charge in [-0.1, -0.05) is 37.9 Å². The highest BCUT2D eigenvalue weighted by atomic mass is 35.5. The van der Waals surface area contributed by atoms with Crippen LogP contribution >= 0.6 is 11.6 Å². The summed E-state index contributed by atoms with van der Waals surface area (Å²) in [6.07, 6.45) is -3.73. The standard InChI is InChI=1S/C12H15ClF3N/c1-3-7(2)11(17)10-8(12(14,15)16)5-4-6-9(10)13/h4-7,11H,3,17H2,1-2H3/t7?,11-/m0/s1. The zero-order valence-electron chi connectivity index (χ0n) is 9.68. The predicted octanol–water partition coefficient (Wildman–Crippen LogP) is 4.40. The van der Waals surface area contributed by atoms with Crippen LogP contribution < -0.4 is 5.73 Å². The number of hydrogen-bond donors (Lipinski definition) is 1. The van der Waals surface area contributed by atoms with Gasteiger partial charge in [0.1, 0.15) is 0 Å². The maximum atomic E-state index is 12.8. The molecule has 1 aromatic rings. The summed E-state index contributed by atoms with van der Waals surface area (Å²) in [6.45, 7) is 3.70. The minimum Gasteiger partial charge on any atom is -0.324 e. The third-order valence-corrected chi connectivity index (χ3v) is 3.28. The Bertz CT molecular complexity index is 390. The fourth-order valence-electron chi connectivity index (χ4n) is 1.66. The lowest BCUT2D eigenvalue weighted by Gasteiger charge is -2.23. The lowest BCUT2D eigenvalue weighted by atomic mass is 9.90. The largest absolute Gasteiger partial charge is 0.416 e.